The van der Waals surface area contributed by atoms with Crippen molar-refractivity contribution in [1.29, 1.82) is 0 Å². The number of nitrogens with two attached hydrogens (primary N) is 1. The van der Waals surface area contributed by atoms with Crippen LogP contribution in [0.3, 0.4) is 0 Å². The summed E-state index contributed by atoms with van der Waals surface area (Å²) in [6.45, 7) is 1.48. The van der Waals surface area contributed by atoms with Gasteiger partial charge in [0.05, 0.1) is 12.3 Å². The fourth-order valence-electron chi connectivity index (χ4n) is 2.40. The number of benzene rings is 1. The van der Waals surface area contributed by atoms with Crippen LogP contribution in [0.15, 0.2) is 33.5 Å². The van der Waals surface area contributed by atoms with Crippen LogP contribution in [0.1, 0.15) is 17.9 Å². The lowest BCUT2D eigenvalue weighted by Gasteiger charge is -2.12. The van der Waals surface area contributed by atoms with Crippen molar-refractivity contribution in [2.45, 2.75) is 12.3 Å². The molecule has 1 aromatic heterocycles. The molecule has 4 heteroatoms. The average Bonchev–Trinajstić information content (AvgIpc) is 2.80. The quantitative estimate of drug-likeness (QED) is 0.761. The lowest BCUT2D eigenvalue weighted by Crippen LogP contribution is -2.05. The molecule has 0 saturated carbocycles. The second kappa shape index (κ2) is 3.89. The molecule has 1 aliphatic heterocycles. The standard InChI is InChI=1S/C13H13NO3/c14-10-6-12(15)17-11-3-1-2-9(13(10)11)8-4-5-16-7-8/h1-3,6,8H,4-5,7,14H2. The molecule has 2 aromatic rings. The number of hydrogen-bond acceptors (Lipinski definition) is 4. The van der Waals surface area contributed by atoms with E-state index in [0.29, 0.717) is 23.8 Å². The van der Waals surface area contributed by atoms with E-state index in [9.17, 15) is 4.79 Å². The summed E-state index contributed by atoms with van der Waals surface area (Å²) in [5.41, 5.74) is 7.67. The van der Waals surface area contributed by atoms with Crippen LogP contribution in [0.25, 0.3) is 11.0 Å². The maximum Gasteiger partial charge on any atom is 0.338 e. The van der Waals surface area contributed by atoms with Gasteiger partial charge in [-0.25, -0.2) is 4.79 Å². The first-order chi connectivity index (χ1) is 8.25. The Morgan fingerprint density at radius 2 is 2.24 bits per heavy atom. The summed E-state index contributed by atoms with van der Waals surface area (Å²) >= 11 is 0. The Labute approximate surface area is 98.0 Å². The van der Waals surface area contributed by atoms with Crippen molar-refractivity contribution < 1.29 is 9.15 Å². The summed E-state index contributed by atoms with van der Waals surface area (Å²) in [6.07, 6.45) is 0.984. The molecule has 1 unspecified atom stereocenters. The van der Waals surface area contributed by atoms with E-state index < -0.39 is 5.63 Å². The lowest BCUT2D eigenvalue weighted by molar-refractivity contribution is 0.194. The van der Waals surface area contributed by atoms with Gasteiger partial charge in [0.25, 0.3) is 0 Å². The maximum absolute atomic E-state index is 11.3. The van der Waals surface area contributed by atoms with Crippen molar-refractivity contribution >= 4 is 16.7 Å². The van der Waals surface area contributed by atoms with E-state index in [1.54, 1.807) is 6.07 Å². The number of anilines is 1. The predicted molar refractivity (Wildman–Crippen MR) is 65.1 cm³/mol. The van der Waals surface area contributed by atoms with Gasteiger partial charge < -0.3 is 14.9 Å². The molecule has 17 heavy (non-hydrogen) atoms. The average molecular weight is 231 g/mol. The van der Waals surface area contributed by atoms with Crippen molar-refractivity contribution in [2.75, 3.05) is 18.9 Å². The maximum atomic E-state index is 11.3. The van der Waals surface area contributed by atoms with E-state index in [1.807, 2.05) is 12.1 Å². The molecular formula is C13H13NO3. The molecule has 2 heterocycles. The molecule has 0 bridgehead atoms. The minimum atomic E-state index is -0.408. The predicted octanol–water partition coefficient (Wildman–Crippen LogP) is 1.88. The molecule has 0 amide bonds. The van der Waals surface area contributed by atoms with Gasteiger partial charge in [0.2, 0.25) is 0 Å². The molecule has 1 atom stereocenters. The van der Waals surface area contributed by atoms with Crippen LogP contribution in [0.5, 0.6) is 0 Å². The van der Waals surface area contributed by atoms with E-state index in [4.69, 9.17) is 14.9 Å². The smallest absolute Gasteiger partial charge is 0.338 e. The summed E-state index contributed by atoms with van der Waals surface area (Å²) in [4.78, 5) is 11.3. The monoisotopic (exact) mass is 231 g/mol. The molecule has 1 fully saturated rings. The molecular weight excluding hydrogens is 218 g/mol. The number of rotatable bonds is 1. The van der Waals surface area contributed by atoms with Crippen molar-refractivity contribution in [2.24, 2.45) is 0 Å². The third-order valence-electron chi connectivity index (χ3n) is 3.20. The largest absolute Gasteiger partial charge is 0.423 e. The Balaban J connectivity index is 2.27. The molecule has 3 rings (SSSR count). The highest BCUT2D eigenvalue weighted by Crippen LogP contribution is 2.33. The minimum absolute atomic E-state index is 0.341. The number of hydrogen-bond donors (Lipinski definition) is 1. The zero-order valence-corrected chi connectivity index (χ0v) is 9.31. The summed E-state index contributed by atoms with van der Waals surface area (Å²) in [5, 5.41) is 0.850. The molecule has 0 radical (unpaired) electrons. The summed E-state index contributed by atoms with van der Waals surface area (Å²) < 4.78 is 10.6. The summed E-state index contributed by atoms with van der Waals surface area (Å²) in [7, 11) is 0. The number of fused-ring (bicyclic) bond motifs is 1. The van der Waals surface area contributed by atoms with Gasteiger partial charge in [0.15, 0.2) is 0 Å². The van der Waals surface area contributed by atoms with Gasteiger partial charge in [0, 0.05) is 24.0 Å². The topological polar surface area (TPSA) is 65.5 Å². The van der Waals surface area contributed by atoms with Crippen LogP contribution in [0, 0.1) is 0 Å². The molecule has 1 aliphatic rings. The van der Waals surface area contributed by atoms with E-state index in [0.717, 1.165) is 24.0 Å². The first-order valence-electron chi connectivity index (χ1n) is 5.65. The summed E-state index contributed by atoms with van der Waals surface area (Å²) in [6, 6.07) is 7.02. The van der Waals surface area contributed by atoms with Crippen molar-refractivity contribution in [3.8, 4) is 0 Å². The van der Waals surface area contributed by atoms with E-state index >= 15 is 0 Å². The molecule has 0 aliphatic carbocycles. The van der Waals surface area contributed by atoms with Gasteiger partial charge >= 0.3 is 5.63 Å². The summed E-state index contributed by atoms with van der Waals surface area (Å²) in [5.74, 6) is 0.341. The Kier molecular flexibility index (Phi) is 2.37. The second-order valence-corrected chi connectivity index (χ2v) is 4.30. The van der Waals surface area contributed by atoms with Gasteiger partial charge in [-0.1, -0.05) is 12.1 Å². The van der Waals surface area contributed by atoms with Crippen LogP contribution >= 0.6 is 0 Å². The highest BCUT2D eigenvalue weighted by molar-refractivity contribution is 5.91. The first kappa shape index (κ1) is 10.4. The van der Waals surface area contributed by atoms with E-state index in [1.165, 1.54) is 6.07 Å². The van der Waals surface area contributed by atoms with Crippen LogP contribution in [0.2, 0.25) is 0 Å². The molecule has 1 aromatic carbocycles. The van der Waals surface area contributed by atoms with E-state index in [-0.39, 0.29) is 0 Å². The highest BCUT2D eigenvalue weighted by Gasteiger charge is 2.21. The van der Waals surface area contributed by atoms with Crippen LogP contribution < -0.4 is 11.4 Å². The van der Waals surface area contributed by atoms with Gasteiger partial charge in [-0.2, -0.15) is 0 Å². The number of nitrogen functional groups attached to an aromatic ring is 1. The Morgan fingerprint density at radius 1 is 1.35 bits per heavy atom. The van der Waals surface area contributed by atoms with Crippen LogP contribution in [-0.2, 0) is 4.74 Å². The molecule has 1 saturated heterocycles. The molecule has 88 valence electrons. The zero-order valence-electron chi connectivity index (χ0n) is 9.31. The Morgan fingerprint density at radius 3 is 3.00 bits per heavy atom. The van der Waals surface area contributed by atoms with Crippen molar-refractivity contribution in [1.82, 2.24) is 0 Å². The number of ether oxygens (including phenoxy) is 1. The lowest BCUT2D eigenvalue weighted by atomic mass is 9.94. The van der Waals surface area contributed by atoms with Crippen molar-refractivity contribution in [3.63, 3.8) is 0 Å². The normalized spacial score (nSPS) is 19.9. The van der Waals surface area contributed by atoms with Gasteiger partial charge in [-0.3, -0.25) is 0 Å². The second-order valence-electron chi connectivity index (χ2n) is 4.30. The first-order valence-corrected chi connectivity index (χ1v) is 5.65. The SMILES string of the molecule is Nc1cc(=O)oc2cccc(C3CCOC3)c12. The van der Waals surface area contributed by atoms with E-state index in [2.05, 4.69) is 0 Å². The van der Waals surface area contributed by atoms with Crippen molar-refractivity contribution in [3.05, 3.63) is 40.2 Å². The fraction of sp³-hybridized carbons (Fsp3) is 0.308. The zero-order chi connectivity index (χ0) is 11.8. The van der Waals surface area contributed by atoms with Crippen LogP contribution in [0.4, 0.5) is 5.69 Å². The molecule has 2 N–H and O–H groups in total. The minimum Gasteiger partial charge on any atom is -0.423 e. The van der Waals surface area contributed by atoms with Gasteiger partial charge in [-0.05, 0) is 18.1 Å². The molecule has 4 nitrogen and oxygen atoms in total. The van der Waals surface area contributed by atoms with Gasteiger partial charge in [0.1, 0.15) is 5.58 Å². The highest BCUT2D eigenvalue weighted by atomic mass is 16.5. The Bertz CT molecular complexity index is 612. The van der Waals surface area contributed by atoms with Gasteiger partial charge in [-0.15, -0.1) is 0 Å². The third kappa shape index (κ3) is 1.70. The Hall–Kier alpha value is -1.81. The fourth-order valence-corrected chi connectivity index (χ4v) is 2.40. The third-order valence-corrected chi connectivity index (χ3v) is 3.20. The van der Waals surface area contributed by atoms with Crippen LogP contribution in [-0.4, -0.2) is 13.2 Å². The molecule has 0 spiro atoms.